The van der Waals surface area contributed by atoms with Crippen molar-refractivity contribution in [2.75, 3.05) is 39.3 Å². The number of hydrogen-bond acceptors (Lipinski definition) is 4. The Morgan fingerprint density at radius 1 is 0.741 bits per heavy atom. The van der Waals surface area contributed by atoms with E-state index >= 15 is 0 Å². The molecule has 1 heterocycles. The molecule has 5 heteroatoms. The minimum Gasteiger partial charge on any atom is -0.356 e. The zero-order valence-corrected chi connectivity index (χ0v) is 17.9. The van der Waals surface area contributed by atoms with Crippen LogP contribution in [-0.4, -0.2) is 51.2 Å². The van der Waals surface area contributed by atoms with E-state index in [9.17, 15) is 4.79 Å². The highest BCUT2D eigenvalue weighted by Crippen LogP contribution is 2.11. The molecule has 1 atom stereocenters. The Kier molecular flexibility index (Phi) is 16.9. The highest BCUT2D eigenvalue weighted by Gasteiger charge is 2.13. The van der Waals surface area contributed by atoms with Crippen LogP contribution in [0.25, 0.3) is 0 Å². The van der Waals surface area contributed by atoms with Crippen LogP contribution in [-0.2, 0) is 4.79 Å². The molecule has 0 bridgehead atoms. The molecule has 0 spiro atoms. The van der Waals surface area contributed by atoms with E-state index in [0.29, 0.717) is 12.5 Å². The highest BCUT2D eigenvalue weighted by molar-refractivity contribution is 5.76. The lowest BCUT2D eigenvalue weighted by Crippen LogP contribution is -2.37. The van der Waals surface area contributed by atoms with E-state index in [1.807, 2.05) is 0 Å². The summed E-state index contributed by atoms with van der Waals surface area (Å²) in [5.74, 6) is 0.206. The lowest BCUT2D eigenvalue weighted by molar-refractivity contribution is -0.121. The van der Waals surface area contributed by atoms with Crippen LogP contribution in [0.1, 0.15) is 90.4 Å². The smallest absolute Gasteiger partial charge is 0.221 e. The van der Waals surface area contributed by atoms with Gasteiger partial charge < -0.3 is 21.3 Å². The molecule has 160 valence electrons. The summed E-state index contributed by atoms with van der Waals surface area (Å²) in [6, 6.07) is 0.328. The van der Waals surface area contributed by atoms with E-state index in [1.165, 1.54) is 57.8 Å². The molecular formula is C22H46N4O. The summed E-state index contributed by atoms with van der Waals surface area (Å²) in [6.45, 7) is 8.31. The molecule has 1 fully saturated rings. The van der Waals surface area contributed by atoms with Gasteiger partial charge in [-0.3, -0.25) is 4.79 Å². The Labute approximate surface area is 168 Å². The van der Waals surface area contributed by atoms with Crippen LogP contribution in [0.3, 0.4) is 0 Å². The summed E-state index contributed by atoms with van der Waals surface area (Å²) < 4.78 is 0. The first kappa shape index (κ1) is 24.4. The fourth-order valence-corrected chi connectivity index (χ4v) is 3.63. The SMILES string of the molecule is CCCCCCCCC[C@@H]1CC(=O)NCCCNCCCCNCCCN1. The van der Waals surface area contributed by atoms with Crippen molar-refractivity contribution in [2.24, 2.45) is 0 Å². The van der Waals surface area contributed by atoms with Gasteiger partial charge in [-0.2, -0.15) is 0 Å². The normalized spacial score (nSPS) is 22.1. The van der Waals surface area contributed by atoms with E-state index in [4.69, 9.17) is 0 Å². The first-order valence-corrected chi connectivity index (χ1v) is 11.7. The molecule has 0 aromatic heterocycles. The number of carbonyl (C=O) groups is 1. The number of unbranched alkanes of at least 4 members (excludes halogenated alkanes) is 6. The standard InChI is InChI=1S/C22H46N4O/c1-2-3-4-5-6-7-8-13-21-20-22(27)26-19-12-17-24-15-10-9-14-23-16-11-18-25-21/h21,23-25H,2-20H2,1H3,(H,26,27)/t21-/m1/s1. The molecule has 1 amide bonds. The first-order valence-electron chi connectivity index (χ1n) is 11.7. The van der Waals surface area contributed by atoms with Crippen molar-refractivity contribution in [3.8, 4) is 0 Å². The van der Waals surface area contributed by atoms with E-state index < -0.39 is 0 Å². The second kappa shape index (κ2) is 18.7. The minimum atomic E-state index is 0.206. The highest BCUT2D eigenvalue weighted by atomic mass is 16.1. The van der Waals surface area contributed by atoms with Gasteiger partial charge in [0.15, 0.2) is 0 Å². The molecule has 27 heavy (non-hydrogen) atoms. The van der Waals surface area contributed by atoms with Crippen molar-refractivity contribution >= 4 is 5.91 Å². The van der Waals surface area contributed by atoms with Gasteiger partial charge in [-0.1, -0.05) is 51.9 Å². The molecule has 0 radical (unpaired) electrons. The van der Waals surface area contributed by atoms with Crippen molar-refractivity contribution in [3.05, 3.63) is 0 Å². The van der Waals surface area contributed by atoms with Crippen molar-refractivity contribution in [1.29, 1.82) is 0 Å². The van der Waals surface area contributed by atoms with E-state index in [2.05, 4.69) is 28.2 Å². The summed E-state index contributed by atoms with van der Waals surface area (Å²) in [4.78, 5) is 12.3. The van der Waals surface area contributed by atoms with Crippen LogP contribution in [0.4, 0.5) is 0 Å². The average Bonchev–Trinajstić information content (AvgIpc) is 2.66. The zero-order chi connectivity index (χ0) is 19.4. The van der Waals surface area contributed by atoms with Gasteiger partial charge in [-0.05, 0) is 64.8 Å². The number of nitrogens with one attached hydrogen (secondary N) is 4. The van der Waals surface area contributed by atoms with Crippen LogP contribution in [0.2, 0.25) is 0 Å². The number of rotatable bonds is 8. The maximum Gasteiger partial charge on any atom is 0.221 e. The quantitative estimate of drug-likeness (QED) is 0.486. The zero-order valence-electron chi connectivity index (χ0n) is 17.9. The summed E-state index contributed by atoms with van der Waals surface area (Å²) in [6.07, 6.45) is 15.6. The summed E-state index contributed by atoms with van der Waals surface area (Å²) in [5, 5.41) is 13.7. The Morgan fingerprint density at radius 3 is 2.04 bits per heavy atom. The number of amides is 1. The van der Waals surface area contributed by atoms with Crippen molar-refractivity contribution in [1.82, 2.24) is 21.3 Å². The van der Waals surface area contributed by atoms with Gasteiger partial charge in [0.1, 0.15) is 0 Å². The van der Waals surface area contributed by atoms with Crippen molar-refractivity contribution in [3.63, 3.8) is 0 Å². The van der Waals surface area contributed by atoms with E-state index in [-0.39, 0.29) is 5.91 Å². The van der Waals surface area contributed by atoms with Gasteiger partial charge in [-0.25, -0.2) is 0 Å². The predicted molar refractivity (Wildman–Crippen MR) is 116 cm³/mol. The van der Waals surface area contributed by atoms with Crippen LogP contribution >= 0.6 is 0 Å². The number of carbonyl (C=O) groups excluding carboxylic acids is 1. The molecule has 0 unspecified atom stereocenters. The van der Waals surface area contributed by atoms with Gasteiger partial charge in [0.05, 0.1) is 0 Å². The maximum atomic E-state index is 12.3. The molecule has 0 aromatic carbocycles. The van der Waals surface area contributed by atoms with Gasteiger partial charge in [0.25, 0.3) is 0 Å². The average molecular weight is 383 g/mol. The molecule has 1 rings (SSSR count). The molecule has 1 saturated heterocycles. The maximum absolute atomic E-state index is 12.3. The number of hydrogen-bond donors (Lipinski definition) is 4. The third-order valence-electron chi connectivity index (χ3n) is 5.36. The molecule has 4 N–H and O–H groups in total. The third kappa shape index (κ3) is 16.0. The largest absolute Gasteiger partial charge is 0.356 e. The summed E-state index contributed by atoms with van der Waals surface area (Å²) >= 11 is 0. The van der Waals surface area contributed by atoms with E-state index in [1.54, 1.807) is 0 Å². The minimum absolute atomic E-state index is 0.206. The van der Waals surface area contributed by atoms with Gasteiger partial charge in [0, 0.05) is 19.0 Å². The van der Waals surface area contributed by atoms with Crippen LogP contribution in [0, 0.1) is 0 Å². The third-order valence-corrected chi connectivity index (χ3v) is 5.36. The molecule has 0 saturated carbocycles. The van der Waals surface area contributed by atoms with Gasteiger partial charge >= 0.3 is 0 Å². The lowest BCUT2D eigenvalue weighted by atomic mass is 10.0. The van der Waals surface area contributed by atoms with Crippen molar-refractivity contribution in [2.45, 2.75) is 96.4 Å². The Bertz CT molecular complexity index is 338. The second-order valence-electron chi connectivity index (χ2n) is 8.03. The summed E-state index contributed by atoms with van der Waals surface area (Å²) in [7, 11) is 0. The molecule has 0 aliphatic carbocycles. The molecular weight excluding hydrogens is 336 g/mol. The summed E-state index contributed by atoms with van der Waals surface area (Å²) in [5.41, 5.74) is 0. The molecule has 1 aliphatic heterocycles. The van der Waals surface area contributed by atoms with E-state index in [0.717, 1.165) is 58.5 Å². The van der Waals surface area contributed by atoms with Crippen LogP contribution in [0.5, 0.6) is 0 Å². The topological polar surface area (TPSA) is 65.2 Å². The Balaban J connectivity index is 2.27. The molecule has 0 aromatic rings. The monoisotopic (exact) mass is 382 g/mol. The fraction of sp³-hybridized carbons (Fsp3) is 0.955. The van der Waals surface area contributed by atoms with Crippen LogP contribution < -0.4 is 21.3 Å². The van der Waals surface area contributed by atoms with Gasteiger partial charge in [0.2, 0.25) is 5.91 Å². The van der Waals surface area contributed by atoms with Crippen LogP contribution in [0.15, 0.2) is 0 Å². The molecule has 5 nitrogen and oxygen atoms in total. The lowest BCUT2D eigenvalue weighted by Gasteiger charge is -2.19. The fourth-order valence-electron chi connectivity index (χ4n) is 3.63. The van der Waals surface area contributed by atoms with Crippen molar-refractivity contribution < 1.29 is 4.79 Å². The Morgan fingerprint density at radius 2 is 1.33 bits per heavy atom. The first-order chi connectivity index (χ1) is 13.3. The predicted octanol–water partition coefficient (Wildman–Crippen LogP) is 3.34. The second-order valence-corrected chi connectivity index (χ2v) is 8.03. The van der Waals surface area contributed by atoms with Gasteiger partial charge in [-0.15, -0.1) is 0 Å². The molecule has 1 aliphatic rings. The Hall–Kier alpha value is -0.650.